The Hall–Kier alpha value is -1.32. The molecule has 0 fully saturated rings. The molecule has 3 heteroatoms. The van der Waals surface area contributed by atoms with Crippen LogP contribution in [0, 0.1) is 0 Å². The molecule has 0 bridgehead atoms. The zero-order valence-corrected chi connectivity index (χ0v) is 8.95. The Balaban J connectivity index is 2.24. The average Bonchev–Trinajstić information content (AvgIpc) is 2.31. The monoisotopic (exact) mass is 217 g/mol. The lowest BCUT2D eigenvalue weighted by Gasteiger charge is -2.05. The summed E-state index contributed by atoms with van der Waals surface area (Å²) in [5, 5.41) is 10.1. The van der Waals surface area contributed by atoms with Crippen LogP contribution in [0.4, 0.5) is 0 Å². The minimum absolute atomic E-state index is 0.0655. The third-order valence-electron chi connectivity index (χ3n) is 2.00. The first-order chi connectivity index (χ1) is 7.40. The van der Waals surface area contributed by atoms with E-state index in [1.165, 1.54) is 0 Å². The molecule has 0 spiro atoms. The van der Waals surface area contributed by atoms with Crippen molar-refractivity contribution in [1.82, 2.24) is 4.98 Å². The maximum Gasteiger partial charge on any atom is 0.101 e. The second-order valence-electron chi connectivity index (χ2n) is 3.04. The van der Waals surface area contributed by atoms with Crippen LogP contribution in [-0.2, 0) is 6.61 Å². The molecular weight excluding hydrogens is 206 g/mol. The maximum absolute atomic E-state index is 9.16. The number of aliphatic hydroxyl groups excluding tert-OH is 1. The number of aromatic nitrogens is 1. The number of hydrogen-bond acceptors (Lipinski definition) is 3. The number of rotatable bonds is 3. The van der Waals surface area contributed by atoms with Crippen LogP contribution < -0.4 is 0 Å². The normalized spacial score (nSPS) is 10.2. The third-order valence-corrected chi connectivity index (χ3v) is 3.06. The molecule has 0 radical (unpaired) electrons. The molecule has 0 aliphatic carbocycles. The highest BCUT2D eigenvalue weighted by Gasteiger charge is 2.02. The molecule has 76 valence electrons. The molecule has 1 aromatic heterocycles. The van der Waals surface area contributed by atoms with Crippen molar-refractivity contribution in [1.29, 1.82) is 0 Å². The van der Waals surface area contributed by atoms with Crippen LogP contribution in [0.2, 0.25) is 0 Å². The molecule has 0 saturated carbocycles. The lowest BCUT2D eigenvalue weighted by Crippen LogP contribution is -1.87. The highest BCUT2D eigenvalue weighted by Crippen LogP contribution is 2.28. The minimum Gasteiger partial charge on any atom is -0.392 e. The second kappa shape index (κ2) is 4.96. The Bertz CT molecular complexity index is 431. The van der Waals surface area contributed by atoms with E-state index >= 15 is 0 Å². The van der Waals surface area contributed by atoms with E-state index in [4.69, 9.17) is 5.11 Å². The Kier molecular flexibility index (Phi) is 3.37. The lowest BCUT2D eigenvalue weighted by atomic mass is 10.2. The summed E-state index contributed by atoms with van der Waals surface area (Å²) in [6.45, 7) is 0.0655. The molecule has 0 atom stereocenters. The quantitative estimate of drug-likeness (QED) is 0.858. The molecule has 1 heterocycles. The third kappa shape index (κ3) is 2.58. The average molecular weight is 217 g/mol. The van der Waals surface area contributed by atoms with Gasteiger partial charge in [0.05, 0.1) is 6.61 Å². The topological polar surface area (TPSA) is 33.1 Å². The van der Waals surface area contributed by atoms with E-state index in [0.29, 0.717) is 0 Å². The van der Waals surface area contributed by atoms with Gasteiger partial charge >= 0.3 is 0 Å². The van der Waals surface area contributed by atoms with Crippen LogP contribution in [0.15, 0.2) is 58.6 Å². The van der Waals surface area contributed by atoms with E-state index in [9.17, 15) is 0 Å². The molecule has 1 aromatic carbocycles. The highest BCUT2D eigenvalue weighted by atomic mass is 32.2. The first-order valence-electron chi connectivity index (χ1n) is 4.68. The van der Waals surface area contributed by atoms with Gasteiger partial charge in [-0.3, -0.25) is 0 Å². The number of nitrogens with zero attached hydrogens (tertiary/aromatic N) is 1. The van der Waals surface area contributed by atoms with Crippen LogP contribution in [0.1, 0.15) is 5.56 Å². The Morgan fingerprint density at radius 1 is 1.07 bits per heavy atom. The fourth-order valence-electron chi connectivity index (χ4n) is 1.25. The first kappa shape index (κ1) is 10.2. The van der Waals surface area contributed by atoms with E-state index < -0.39 is 0 Å². The smallest absolute Gasteiger partial charge is 0.101 e. The van der Waals surface area contributed by atoms with E-state index in [2.05, 4.69) is 4.98 Å². The summed E-state index contributed by atoms with van der Waals surface area (Å²) in [7, 11) is 0. The van der Waals surface area contributed by atoms with Gasteiger partial charge in [-0.25, -0.2) is 4.98 Å². The van der Waals surface area contributed by atoms with Crippen molar-refractivity contribution in [3.05, 3.63) is 54.2 Å². The lowest BCUT2D eigenvalue weighted by molar-refractivity contribution is 0.279. The van der Waals surface area contributed by atoms with Gasteiger partial charge in [0.2, 0.25) is 0 Å². The van der Waals surface area contributed by atoms with Crippen molar-refractivity contribution in [2.45, 2.75) is 16.5 Å². The highest BCUT2D eigenvalue weighted by molar-refractivity contribution is 7.99. The van der Waals surface area contributed by atoms with Crippen LogP contribution in [-0.4, -0.2) is 10.1 Å². The van der Waals surface area contributed by atoms with Gasteiger partial charge in [0.15, 0.2) is 0 Å². The summed E-state index contributed by atoms with van der Waals surface area (Å²) in [5.41, 5.74) is 0.938. The molecule has 0 amide bonds. The van der Waals surface area contributed by atoms with Crippen molar-refractivity contribution in [3.63, 3.8) is 0 Å². The summed E-state index contributed by atoms with van der Waals surface area (Å²) in [6, 6.07) is 13.6. The summed E-state index contributed by atoms with van der Waals surface area (Å²) in [4.78, 5) is 5.29. The molecule has 2 aromatic rings. The van der Waals surface area contributed by atoms with Gasteiger partial charge < -0.3 is 5.11 Å². The fraction of sp³-hybridized carbons (Fsp3) is 0.0833. The largest absolute Gasteiger partial charge is 0.392 e. The van der Waals surface area contributed by atoms with Gasteiger partial charge in [0, 0.05) is 11.1 Å². The molecule has 1 N–H and O–H groups in total. The number of hydrogen-bond donors (Lipinski definition) is 1. The first-order valence-corrected chi connectivity index (χ1v) is 5.49. The maximum atomic E-state index is 9.16. The van der Waals surface area contributed by atoms with Gasteiger partial charge in [-0.15, -0.1) is 0 Å². The summed E-state index contributed by atoms with van der Waals surface area (Å²) < 4.78 is 0. The molecular formula is C12H11NOS. The molecule has 0 saturated heterocycles. The van der Waals surface area contributed by atoms with Gasteiger partial charge in [-0.05, 0) is 23.8 Å². The van der Waals surface area contributed by atoms with Gasteiger partial charge in [-0.1, -0.05) is 36.0 Å². The SMILES string of the molecule is OCc1ccccc1Sc1ccccn1. The van der Waals surface area contributed by atoms with Crippen molar-refractivity contribution >= 4 is 11.8 Å². The summed E-state index contributed by atoms with van der Waals surface area (Å²) in [5.74, 6) is 0. The molecule has 2 rings (SSSR count). The van der Waals surface area contributed by atoms with E-state index in [1.54, 1.807) is 18.0 Å². The zero-order valence-electron chi connectivity index (χ0n) is 8.13. The Morgan fingerprint density at radius 2 is 1.87 bits per heavy atom. The van der Waals surface area contributed by atoms with E-state index in [-0.39, 0.29) is 6.61 Å². The predicted octanol–water partition coefficient (Wildman–Crippen LogP) is 2.73. The standard InChI is InChI=1S/C12H11NOS/c14-9-10-5-1-2-6-11(10)15-12-7-3-4-8-13-12/h1-8,14H,9H2. The van der Waals surface area contributed by atoms with E-state index in [1.807, 2.05) is 42.5 Å². The molecule has 0 unspecified atom stereocenters. The molecule has 0 aliphatic rings. The van der Waals surface area contributed by atoms with Gasteiger partial charge in [-0.2, -0.15) is 0 Å². The second-order valence-corrected chi connectivity index (χ2v) is 4.10. The minimum atomic E-state index is 0.0655. The number of aliphatic hydroxyl groups is 1. The van der Waals surface area contributed by atoms with Crippen molar-refractivity contribution in [2.75, 3.05) is 0 Å². The Morgan fingerprint density at radius 3 is 2.60 bits per heavy atom. The van der Waals surface area contributed by atoms with Crippen LogP contribution in [0.25, 0.3) is 0 Å². The molecule has 0 aliphatic heterocycles. The molecule has 15 heavy (non-hydrogen) atoms. The number of benzene rings is 1. The van der Waals surface area contributed by atoms with Crippen molar-refractivity contribution in [2.24, 2.45) is 0 Å². The van der Waals surface area contributed by atoms with Crippen LogP contribution in [0.3, 0.4) is 0 Å². The fourth-order valence-corrected chi connectivity index (χ4v) is 2.15. The van der Waals surface area contributed by atoms with E-state index in [0.717, 1.165) is 15.5 Å². The zero-order chi connectivity index (χ0) is 10.5. The van der Waals surface area contributed by atoms with Crippen LogP contribution >= 0.6 is 11.8 Å². The van der Waals surface area contributed by atoms with Crippen molar-refractivity contribution in [3.8, 4) is 0 Å². The van der Waals surface area contributed by atoms with Crippen molar-refractivity contribution < 1.29 is 5.11 Å². The summed E-state index contributed by atoms with van der Waals surface area (Å²) >= 11 is 1.57. The molecule has 2 nitrogen and oxygen atoms in total. The number of pyridine rings is 1. The predicted molar refractivity (Wildman–Crippen MR) is 60.7 cm³/mol. The Labute approximate surface area is 93.0 Å². The van der Waals surface area contributed by atoms with Gasteiger partial charge in [0.25, 0.3) is 0 Å². The van der Waals surface area contributed by atoms with Crippen LogP contribution in [0.5, 0.6) is 0 Å². The van der Waals surface area contributed by atoms with Gasteiger partial charge in [0.1, 0.15) is 5.03 Å². The summed E-state index contributed by atoms with van der Waals surface area (Å²) in [6.07, 6.45) is 1.77.